The molecule has 2 atom stereocenters. The van der Waals surface area contributed by atoms with Crippen LogP contribution >= 0.6 is 0 Å². The molecule has 0 aliphatic carbocycles. The third kappa shape index (κ3) is 3.81. The first-order chi connectivity index (χ1) is 11.9. The molecule has 3 rings (SSSR count). The van der Waals surface area contributed by atoms with Gasteiger partial charge in [0.15, 0.2) is 11.6 Å². The Balaban J connectivity index is 1.62. The SMILES string of the molecule is C[C@H](NC(=O)[C@H]1CC(c2cccc(F)c2)=NO1)c1ccc(F)c(F)c1. The van der Waals surface area contributed by atoms with E-state index in [1.165, 1.54) is 18.2 Å². The lowest BCUT2D eigenvalue weighted by atomic mass is 10.0. The van der Waals surface area contributed by atoms with Crippen molar-refractivity contribution in [2.45, 2.75) is 25.5 Å². The van der Waals surface area contributed by atoms with Gasteiger partial charge in [-0.2, -0.15) is 0 Å². The Morgan fingerprint density at radius 1 is 1.20 bits per heavy atom. The van der Waals surface area contributed by atoms with Crippen LogP contribution in [0.4, 0.5) is 13.2 Å². The maximum Gasteiger partial charge on any atom is 0.264 e. The molecule has 1 aliphatic heterocycles. The molecule has 0 bridgehead atoms. The molecule has 4 nitrogen and oxygen atoms in total. The van der Waals surface area contributed by atoms with Crippen LogP contribution in [0.5, 0.6) is 0 Å². The molecule has 0 aromatic heterocycles. The Bertz CT molecular complexity index is 839. The lowest BCUT2D eigenvalue weighted by Gasteiger charge is -2.16. The summed E-state index contributed by atoms with van der Waals surface area (Å²) in [4.78, 5) is 17.4. The average molecular weight is 348 g/mol. The zero-order chi connectivity index (χ0) is 18.0. The van der Waals surface area contributed by atoms with Crippen molar-refractivity contribution < 1.29 is 22.8 Å². The number of nitrogens with one attached hydrogen (secondary N) is 1. The van der Waals surface area contributed by atoms with E-state index in [-0.39, 0.29) is 6.42 Å². The lowest BCUT2D eigenvalue weighted by Crippen LogP contribution is -2.36. The van der Waals surface area contributed by atoms with Crippen molar-refractivity contribution in [3.8, 4) is 0 Å². The second-order valence-electron chi connectivity index (χ2n) is 5.75. The number of benzene rings is 2. The molecule has 0 saturated heterocycles. The molecule has 1 N–H and O–H groups in total. The van der Waals surface area contributed by atoms with Gasteiger partial charge >= 0.3 is 0 Å². The maximum atomic E-state index is 13.3. The van der Waals surface area contributed by atoms with E-state index in [2.05, 4.69) is 10.5 Å². The molecular weight excluding hydrogens is 333 g/mol. The highest BCUT2D eigenvalue weighted by Crippen LogP contribution is 2.20. The first kappa shape index (κ1) is 17.0. The zero-order valence-electron chi connectivity index (χ0n) is 13.3. The molecule has 0 spiro atoms. The third-order valence-corrected chi connectivity index (χ3v) is 3.92. The summed E-state index contributed by atoms with van der Waals surface area (Å²) >= 11 is 0. The third-order valence-electron chi connectivity index (χ3n) is 3.92. The minimum atomic E-state index is -0.979. The number of hydrogen-bond acceptors (Lipinski definition) is 3. The van der Waals surface area contributed by atoms with Crippen LogP contribution in [0.1, 0.15) is 30.5 Å². The van der Waals surface area contributed by atoms with E-state index in [4.69, 9.17) is 4.84 Å². The monoisotopic (exact) mass is 348 g/mol. The standard InChI is InChI=1S/C18H15F3N2O2/c1-10(11-5-6-14(20)15(21)8-11)22-18(24)17-9-16(23-25-17)12-3-2-4-13(19)7-12/h2-8,10,17H,9H2,1H3,(H,22,24)/t10-,17+/m0/s1. The number of halogens is 3. The van der Waals surface area contributed by atoms with Crippen LogP contribution in [0, 0.1) is 17.5 Å². The number of oxime groups is 1. The van der Waals surface area contributed by atoms with Crippen LogP contribution in [0.3, 0.4) is 0 Å². The van der Waals surface area contributed by atoms with Gasteiger partial charge < -0.3 is 10.2 Å². The molecule has 0 saturated carbocycles. The smallest absolute Gasteiger partial charge is 0.264 e. The van der Waals surface area contributed by atoms with Gasteiger partial charge in [-0.25, -0.2) is 13.2 Å². The first-order valence-corrected chi connectivity index (χ1v) is 7.68. The van der Waals surface area contributed by atoms with Crippen LogP contribution < -0.4 is 5.32 Å². The first-order valence-electron chi connectivity index (χ1n) is 7.68. The van der Waals surface area contributed by atoms with Gasteiger partial charge in [-0.1, -0.05) is 23.4 Å². The van der Waals surface area contributed by atoms with E-state index in [9.17, 15) is 18.0 Å². The molecule has 0 fully saturated rings. The van der Waals surface area contributed by atoms with Gasteiger partial charge in [0.05, 0.1) is 11.8 Å². The predicted molar refractivity (Wildman–Crippen MR) is 85.3 cm³/mol. The highest BCUT2D eigenvalue weighted by atomic mass is 19.2. The van der Waals surface area contributed by atoms with Crippen molar-refractivity contribution in [3.05, 3.63) is 71.0 Å². The van der Waals surface area contributed by atoms with Crippen molar-refractivity contribution >= 4 is 11.6 Å². The van der Waals surface area contributed by atoms with Crippen LogP contribution in [0.2, 0.25) is 0 Å². The highest BCUT2D eigenvalue weighted by molar-refractivity contribution is 6.04. The number of amides is 1. The second-order valence-corrected chi connectivity index (χ2v) is 5.75. The fourth-order valence-corrected chi connectivity index (χ4v) is 2.53. The normalized spacial score (nSPS) is 17.6. The fourth-order valence-electron chi connectivity index (χ4n) is 2.53. The Labute approximate surface area is 142 Å². The second kappa shape index (κ2) is 6.96. The lowest BCUT2D eigenvalue weighted by molar-refractivity contribution is -0.131. The molecule has 0 unspecified atom stereocenters. The highest BCUT2D eigenvalue weighted by Gasteiger charge is 2.30. The Morgan fingerprint density at radius 2 is 2.00 bits per heavy atom. The molecular formula is C18H15F3N2O2. The summed E-state index contributed by atoms with van der Waals surface area (Å²) in [7, 11) is 0. The number of carbonyl (C=O) groups excluding carboxylic acids is 1. The van der Waals surface area contributed by atoms with Gasteiger partial charge in [0.2, 0.25) is 6.10 Å². The van der Waals surface area contributed by atoms with Crippen LogP contribution in [-0.4, -0.2) is 17.7 Å². The molecule has 25 heavy (non-hydrogen) atoms. The minimum Gasteiger partial charge on any atom is -0.382 e. The quantitative estimate of drug-likeness (QED) is 0.920. The van der Waals surface area contributed by atoms with E-state index < -0.39 is 35.5 Å². The topological polar surface area (TPSA) is 50.7 Å². The Kier molecular flexibility index (Phi) is 4.74. The number of rotatable bonds is 4. The van der Waals surface area contributed by atoms with Crippen molar-refractivity contribution in [2.24, 2.45) is 5.16 Å². The molecule has 1 amide bonds. The summed E-state index contributed by atoms with van der Waals surface area (Å²) < 4.78 is 39.5. The van der Waals surface area contributed by atoms with Gasteiger partial charge in [0, 0.05) is 12.0 Å². The van der Waals surface area contributed by atoms with Crippen molar-refractivity contribution in [3.63, 3.8) is 0 Å². The van der Waals surface area contributed by atoms with Gasteiger partial charge in [-0.05, 0) is 36.8 Å². The van der Waals surface area contributed by atoms with E-state index in [0.29, 0.717) is 16.8 Å². The van der Waals surface area contributed by atoms with Crippen molar-refractivity contribution in [2.75, 3.05) is 0 Å². The summed E-state index contributed by atoms with van der Waals surface area (Å²) in [5.41, 5.74) is 1.45. The number of nitrogens with zero attached hydrogens (tertiary/aromatic N) is 1. The predicted octanol–water partition coefficient (Wildman–Crippen LogP) is 3.47. The number of carbonyl (C=O) groups is 1. The Hall–Kier alpha value is -2.83. The fraction of sp³-hybridized carbons (Fsp3) is 0.222. The van der Waals surface area contributed by atoms with Crippen LogP contribution in [0.25, 0.3) is 0 Å². The van der Waals surface area contributed by atoms with Crippen molar-refractivity contribution in [1.29, 1.82) is 0 Å². The van der Waals surface area contributed by atoms with E-state index >= 15 is 0 Å². The van der Waals surface area contributed by atoms with Gasteiger partial charge in [0.25, 0.3) is 5.91 Å². The maximum absolute atomic E-state index is 13.3. The van der Waals surface area contributed by atoms with E-state index in [1.807, 2.05) is 0 Å². The molecule has 0 radical (unpaired) electrons. The molecule has 2 aromatic carbocycles. The molecule has 130 valence electrons. The average Bonchev–Trinajstić information content (AvgIpc) is 3.07. The molecule has 7 heteroatoms. The van der Waals surface area contributed by atoms with Gasteiger partial charge in [-0.15, -0.1) is 0 Å². The summed E-state index contributed by atoms with van der Waals surface area (Å²) in [6.07, 6.45) is -0.661. The largest absolute Gasteiger partial charge is 0.382 e. The summed E-state index contributed by atoms with van der Waals surface area (Å²) in [5.74, 6) is -2.77. The number of hydrogen-bond donors (Lipinski definition) is 1. The molecule has 1 aliphatic rings. The minimum absolute atomic E-state index is 0.194. The summed E-state index contributed by atoms with van der Waals surface area (Å²) in [6, 6.07) is 8.74. The summed E-state index contributed by atoms with van der Waals surface area (Å²) in [5, 5.41) is 6.50. The van der Waals surface area contributed by atoms with Gasteiger partial charge in [-0.3, -0.25) is 4.79 Å². The van der Waals surface area contributed by atoms with E-state index in [1.54, 1.807) is 19.1 Å². The zero-order valence-corrected chi connectivity index (χ0v) is 13.3. The van der Waals surface area contributed by atoms with Crippen LogP contribution in [0.15, 0.2) is 47.6 Å². The van der Waals surface area contributed by atoms with E-state index in [0.717, 1.165) is 12.1 Å². The molecule has 2 aromatic rings. The molecule has 1 heterocycles. The van der Waals surface area contributed by atoms with Gasteiger partial charge in [0.1, 0.15) is 5.82 Å². The summed E-state index contributed by atoms with van der Waals surface area (Å²) in [6.45, 7) is 1.65. The Morgan fingerprint density at radius 3 is 2.72 bits per heavy atom. The van der Waals surface area contributed by atoms with Crippen LogP contribution in [-0.2, 0) is 9.63 Å². The van der Waals surface area contributed by atoms with Crippen molar-refractivity contribution in [1.82, 2.24) is 5.32 Å².